The second-order valence-corrected chi connectivity index (χ2v) is 5.95. The minimum Gasteiger partial charge on any atom is -0.375 e. The van der Waals surface area contributed by atoms with Crippen LogP contribution in [0.15, 0.2) is 10.4 Å². The lowest BCUT2D eigenvalue weighted by Gasteiger charge is -2.09. The first-order chi connectivity index (χ1) is 6.45. The Hall–Kier alpha value is -0.660. The summed E-state index contributed by atoms with van der Waals surface area (Å²) < 4.78 is 25.9. The van der Waals surface area contributed by atoms with Crippen LogP contribution in [0.5, 0.6) is 0 Å². The highest BCUT2D eigenvalue weighted by atomic mass is 32.2. The first-order valence-electron chi connectivity index (χ1n) is 4.19. The fraction of sp³-hybridized carbons (Fsp3) is 0.571. The van der Waals surface area contributed by atoms with Gasteiger partial charge < -0.3 is 5.73 Å². The van der Waals surface area contributed by atoms with E-state index in [9.17, 15) is 8.42 Å². The molecule has 1 aromatic heterocycles. The highest BCUT2D eigenvalue weighted by Gasteiger charge is 2.18. The van der Waals surface area contributed by atoms with Crippen molar-refractivity contribution >= 4 is 26.5 Å². The third-order valence-electron chi connectivity index (χ3n) is 1.74. The Morgan fingerprint density at radius 1 is 1.71 bits per heavy atom. The van der Waals surface area contributed by atoms with Crippen LogP contribution in [0.4, 0.5) is 5.13 Å². The maximum atomic E-state index is 11.6. The van der Waals surface area contributed by atoms with E-state index >= 15 is 0 Å². The van der Waals surface area contributed by atoms with Gasteiger partial charge in [0.1, 0.15) is 0 Å². The molecule has 1 heterocycles. The van der Waals surface area contributed by atoms with Gasteiger partial charge in [0.15, 0.2) is 9.34 Å². The van der Waals surface area contributed by atoms with Crippen LogP contribution in [-0.2, 0) is 10.0 Å². The van der Waals surface area contributed by atoms with E-state index in [0.717, 1.165) is 17.8 Å². The van der Waals surface area contributed by atoms with E-state index in [1.54, 1.807) is 0 Å². The molecule has 0 aliphatic carbocycles. The number of hydrogen-bond acceptors (Lipinski definition) is 5. The summed E-state index contributed by atoms with van der Waals surface area (Å²) in [5.41, 5.74) is 5.35. The molecular formula is C7H13N3O2S2. The van der Waals surface area contributed by atoms with Crippen LogP contribution in [-0.4, -0.2) is 19.4 Å². The van der Waals surface area contributed by atoms with Gasteiger partial charge in [-0.15, -0.1) is 0 Å². The van der Waals surface area contributed by atoms with Gasteiger partial charge in [-0.3, -0.25) is 0 Å². The zero-order chi connectivity index (χ0) is 10.8. The van der Waals surface area contributed by atoms with E-state index in [0.29, 0.717) is 0 Å². The van der Waals surface area contributed by atoms with Crippen LogP contribution in [0.1, 0.15) is 20.3 Å². The van der Waals surface area contributed by atoms with Gasteiger partial charge in [0, 0.05) is 6.04 Å². The zero-order valence-electron chi connectivity index (χ0n) is 8.02. The second kappa shape index (κ2) is 4.24. The van der Waals surface area contributed by atoms with E-state index in [1.165, 1.54) is 6.20 Å². The summed E-state index contributed by atoms with van der Waals surface area (Å²) in [6.07, 6.45) is 2.01. The SMILES string of the molecule is CCC(C)NS(=O)(=O)c1cnc(N)s1. The van der Waals surface area contributed by atoms with Gasteiger partial charge in [-0.05, 0) is 13.3 Å². The molecule has 0 aromatic carbocycles. The molecule has 1 unspecified atom stereocenters. The minimum atomic E-state index is -3.42. The third kappa shape index (κ3) is 2.66. The quantitative estimate of drug-likeness (QED) is 0.808. The molecule has 80 valence electrons. The number of thiazole rings is 1. The number of hydrogen-bond donors (Lipinski definition) is 2. The molecule has 0 bridgehead atoms. The van der Waals surface area contributed by atoms with Gasteiger partial charge in [-0.2, -0.15) is 0 Å². The highest BCUT2D eigenvalue weighted by Crippen LogP contribution is 2.20. The zero-order valence-corrected chi connectivity index (χ0v) is 9.65. The number of anilines is 1. The minimum absolute atomic E-state index is 0.0803. The number of nitrogens with zero attached hydrogens (tertiary/aromatic N) is 1. The first-order valence-corrected chi connectivity index (χ1v) is 6.49. The molecule has 0 saturated carbocycles. The van der Waals surface area contributed by atoms with Gasteiger partial charge in [-0.25, -0.2) is 18.1 Å². The molecule has 1 rings (SSSR count). The highest BCUT2D eigenvalue weighted by molar-refractivity contribution is 7.91. The lowest BCUT2D eigenvalue weighted by molar-refractivity contribution is 0.557. The lowest BCUT2D eigenvalue weighted by Crippen LogP contribution is -2.31. The Kier molecular flexibility index (Phi) is 3.46. The number of nitrogens with two attached hydrogens (primary N) is 1. The Bertz CT molecular complexity index is 399. The average Bonchev–Trinajstić information content (AvgIpc) is 2.51. The normalized spacial score (nSPS) is 14.1. The predicted molar refractivity (Wildman–Crippen MR) is 56.6 cm³/mol. The number of aromatic nitrogens is 1. The summed E-state index contributed by atoms with van der Waals surface area (Å²) in [6, 6.07) is -0.0803. The van der Waals surface area contributed by atoms with Gasteiger partial charge in [0.05, 0.1) is 6.20 Å². The van der Waals surface area contributed by atoms with Crippen molar-refractivity contribution in [2.24, 2.45) is 0 Å². The maximum absolute atomic E-state index is 11.6. The fourth-order valence-corrected chi connectivity index (χ4v) is 3.06. The molecular weight excluding hydrogens is 222 g/mol. The average molecular weight is 235 g/mol. The molecule has 0 saturated heterocycles. The molecule has 3 N–H and O–H groups in total. The van der Waals surface area contributed by atoms with Crippen molar-refractivity contribution < 1.29 is 8.42 Å². The van der Waals surface area contributed by atoms with E-state index in [1.807, 2.05) is 13.8 Å². The Morgan fingerprint density at radius 2 is 2.36 bits per heavy atom. The summed E-state index contributed by atoms with van der Waals surface area (Å²) in [6.45, 7) is 3.72. The van der Waals surface area contributed by atoms with Crippen LogP contribution in [0.3, 0.4) is 0 Å². The number of rotatable bonds is 4. The van der Waals surface area contributed by atoms with E-state index in [2.05, 4.69) is 9.71 Å². The summed E-state index contributed by atoms with van der Waals surface area (Å²) in [4.78, 5) is 3.69. The van der Waals surface area contributed by atoms with E-state index in [4.69, 9.17) is 5.73 Å². The van der Waals surface area contributed by atoms with Crippen molar-refractivity contribution in [1.82, 2.24) is 9.71 Å². The van der Waals surface area contributed by atoms with E-state index < -0.39 is 10.0 Å². The maximum Gasteiger partial charge on any atom is 0.251 e. The van der Waals surface area contributed by atoms with Crippen molar-refractivity contribution in [2.45, 2.75) is 30.5 Å². The van der Waals surface area contributed by atoms with Crippen molar-refractivity contribution in [2.75, 3.05) is 5.73 Å². The molecule has 0 aliphatic heterocycles. The molecule has 1 atom stereocenters. The third-order valence-corrected chi connectivity index (χ3v) is 4.61. The van der Waals surface area contributed by atoms with Crippen LogP contribution in [0, 0.1) is 0 Å². The fourth-order valence-electron chi connectivity index (χ4n) is 0.803. The smallest absolute Gasteiger partial charge is 0.251 e. The van der Waals surface area contributed by atoms with Crippen molar-refractivity contribution in [3.05, 3.63) is 6.20 Å². The van der Waals surface area contributed by atoms with E-state index in [-0.39, 0.29) is 15.4 Å². The van der Waals surface area contributed by atoms with Gasteiger partial charge >= 0.3 is 0 Å². The molecule has 0 aliphatic rings. The Labute approximate surface area is 87.4 Å². The van der Waals surface area contributed by atoms with Crippen molar-refractivity contribution in [1.29, 1.82) is 0 Å². The lowest BCUT2D eigenvalue weighted by atomic mass is 10.3. The number of nitrogen functional groups attached to an aromatic ring is 1. The Morgan fingerprint density at radius 3 is 2.79 bits per heavy atom. The Balaban J connectivity index is 2.86. The predicted octanol–water partition coefficient (Wildman–Crippen LogP) is 0.802. The van der Waals surface area contributed by atoms with Crippen LogP contribution in [0.25, 0.3) is 0 Å². The van der Waals surface area contributed by atoms with Crippen LogP contribution >= 0.6 is 11.3 Å². The topological polar surface area (TPSA) is 85.1 Å². The standard InChI is InChI=1S/C7H13N3O2S2/c1-3-5(2)10-14(11,12)6-4-9-7(8)13-6/h4-5,10H,3H2,1-2H3,(H2,8,9). The van der Waals surface area contributed by atoms with Crippen LogP contribution in [0.2, 0.25) is 0 Å². The molecule has 1 aromatic rings. The number of nitrogens with one attached hydrogen (secondary N) is 1. The van der Waals surface area contributed by atoms with Crippen LogP contribution < -0.4 is 10.5 Å². The molecule has 7 heteroatoms. The largest absolute Gasteiger partial charge is 0.375 e. The summed E-state index contributed by atoms with van der Waals surface area (Å²) in [5.74, 6) is 0. The summed E-state index contributed by atoms with van der Waals surface area (Å²) >= 11 is 0.963. The molecule has 0 radical (unpaired) electrons. The first kappa shape index (κ1) is 11.4. The summed E-state index contributed by atoms with van der Waals surface area (Å²) in [7, 11) is -3.42. The molecule has 0 amide bonds. The van der Waals surface area contributed by atoms with Crippen molar-refractivity contribution in [3.8, 4) is 0 Å². The molecule has 14 heavy (non-hydrogen) atoms. The monoisotopic (exact) mass is 235 g/mol. The molecule has 0 spiro atoms. The van der Waals surface area contributed by atoms with Gasteiger partial charge in [-0.1, -0.05) is 18.3 Å². The van der Waals surface area contributed by atoms with Crippen molar-refractivity contribution in [3.63, 3.8) is 0 Å². The molecule has 0 fully saturated rings. The van der Waals surface area contributed by atoms with Gasteiger partial charge in [0.2, 0.25) is 0 Å². The summed E-state index contributed by atoms with van der Waals surface area (Å²) in [5, 5.41) is 0.259. The number of sulfonamides is 1. The van der Waals surface area contributed by atoms with Gasteiger partial charge in [0.25, 0.3) is 10.0 Å². The second-order valence-electron chi connectivity index (χ2n) is 2.95. The molecule has 5 nitrogen and oxygen atoms in total.